The summed E-state index contributed by atoms with van der Waals surface area (Å²) in [5, 5.41) is 19.6. The molecule has 2 aromatic heterocycles. The van der Waals surface area contributed by atoms with Crippen LogP contribution in [0.3, 0.4) is 0 Å². The number of aromatic nitrogens is 4. The highest BCUT2D eigenvalue weighted by atomic mass is 16.4. The molecule has 2 N–H and O–H groups in total. The molecule has 0 unspecified atom stereocenters. The van der Waals surface area contributed by atoms with Crippen molar-refractivity contribution in [2.75, 3.05) is 5.32 Å². The molecule has 0 amide bonds. The summed E-state index contributed by atoms with van der Waals surface area (Å²) in [4.78, 5) is 14.9. The van der Waals surface area contributed by atoms with Gasteiger partial charge in [-0.15, -0.1) is 10.2 Å². The molecule has 0 aliphatic rings. The molecular weight excluding hydrogens is 222 g/mol. The van der Waals surface area contributed by atoms with E-state index >= 15 is 0 Å². The van der Waals surface area contributed by atoms with Crippen LogP contribution >= 0.6 is 0 Å². The van der Waals surface area contributed by atoms with E-state index in [0.717, 1.165) is 0 Å². The normalized spacial score (nSPS) is 11.6. The van der Waals surface area contributed by atoms with Crippen LogP contribution in [0.25, 0.3) is 5.65 Å². The van der Waals surface area contributed by atoms with E-state index in [0.29, 0.717) is 11.5 Å². The predicted octanol–water partition coefficient (Wildman–Crippen LogP) is 0.789. The molecule has 2 heterocycles. The third-order valence-electron chi connectivity index (χ3n) is 2.27. The summed E-state index contributed by atoms with van der Waals surface area (Å²) in [7, 11) is 0. The molecular formula is C10H13N5O2. The number of nitrogens with zero attached hydrogens (tertiary/aromatic N) is 4. The van der Waals surface area contributed by atoms with Crippen molar-refractivity contribution in [3.05, 3.63) is 18.7 Å². The molecule has 0 bridgehead atoms. The van der Waals surface area contributed by atoms with Gasteiger partial charge < -0.3 is 10.4 Å². The molecule has 0 saturated heterocycles. The lowest BCUT2D eigenvalue weighted by atomic mass is 10.0. The Labute approximate surface area is 97.5 Å². The molecule has 2 aromatic rings. The van der Waals surface area contributed by atoms with Crippen molar-refractivity contribution in [1.82, 2.24) is 19.6 Å². The zero-order chi connectivity index (χ0) is 12.5. The van der Waals surface area contributed by atoms with Gasteiger partial charge >= 0.3 is 5.97 Å². The topological polar surface area (TPSA) is 92.4 Å². The molecule has 0 aliphatic carbocycles. The molecule has 0 spiro atoms. The Balaban J connectivity index is 2.29. The minimum absolute atomic E-state index is 0.0100. The first-order valence-electron chi connectivity index (χ1n) is 5.12. The van der Waals surface area contributed by atoms with E-state index < -0.39 is 11.5 Å². The van der Waals surface area contributed by atoms with Crippen molar-refractivity contribution in [3.63, 3.8) is 0 Å². The van der Waals surface area contributed by atoms with Crippen LogP contribution in [0.1, 0.15) is 20.3 Å². The van der Waals surface area contributed by atoms with Gasteiger partial charge in [-0.05, 0) is 13.8 Å². The first-order chi connectivity index (χ1) is 7.98. The van der Waals surface area contributed by atoms with Gasteiger partial charge in [0, 0.05) is 17.9 Å². The summed E-state index contributed by atoms with van der Waals surface area (Å²) in [5.74, 6) is -0.341. The molecule has 7 heteroatoms. The Hall–Kier alpha value is -2.18. The van der Waals surface area contributed by atoms with E-state index in [1.807, 2.05) is 0 Å². The molecule has 0 fully saturated rings. The molecule has 0 atom stereocenters. The first-order valence-corrected chi connectivity index (χ1v) is 5.12. The van der Waals surface area contributed by atoms with Gasteiger partial charge in [0.05, 0.1) is 6.42 Å². The van der Waals surface area contributed by atoms with Gasteiger partial charge in [0.15, 0.2) is 5.82 Å². The highest BCUT2D eigenvalue weighted by Crippen LogP contribution is 2.18. The van der Waals surface area contributed by atoms with Gasteiger partial charge in [0.1, 0.15) is 6.33 Å². The van der Waals surface area contributed by atoms with Gasteiger partial charge in [0.2, 0.25) is 5.65 Å². The number of rotatable bonds is 4. The number of carboxylic acid groups (broad SMARTS) is 1. The second-order valence-corrected chi connectivity index (χ2v) is 4.42. The smallest absolute Gasteiger partial charge is 0.305 e. The van der Waals surface area contributed by atoms with E-state index in [1.165, 1.54) is 0 Å². The second kappa shape index (κ2) is 4.00. The third-order valence-corrected chi connectivity index (χ3v) is 2.27. The van der Waals surface area contributed by atoms with Crippen molar-refractivity contribution < 1.29 is 9.90 Å². The van der Waals surface area contributed by atoms with Crippen LogP contribution < -0.4 is 5.32 Å². The number of carboxylic acids is 1. The fourth-order valence-corrected chi connectivity index (χ4v) is 1.59. The highest BCUT2D eigenvalue weighted by molar-refractivity contribution is 5.70. The molecule has 90 valence electrons. The van der Waals surface area contributed by atoms with Crippen LogP contribution in [0.2, 0.25) is 0 Å². The number of hydrogen-bond donors (Lipinski definition) is 2. The van der Waals surface area contributed by atoms with Crippen molar-refractivity contribution >= 4 is 17.4 Å². The Kier molecular flexibility index (Phi) is 2.66. The van der Waals surface area contributed by atoms with Crippen molar-refractivity contribution in [2.45, 2.75) is 25.8 Å². The summed E-state index contributed by atoms with van der Waals surface area (Å²) in [6, 6.07) is 0. The maximum Gasteiger partial charge on any atom is 0.305 e. The van der Waals surface area contributed by atoms with Crippen molar-refractivity contribution in [2.24, 2.45) is 0 Å². The number of carbonyl (C=O) groups is 1. The van der Waals surface area contributed by atoms with Crippen LogP contribution in [0.4, 0.5) is 5.82 Å². The van der Waals surface area contributed by atoms with Crippen LogP contribution in [0, 0.1) is 0 Å². The van der Waals surface area contributed by atoms with Crippen LogP contribution in [0.15, 0.2) is 18.7 Å². The van der Waals surface area contributed by atoms with E-state index in [2.05, 4.69) is 20.5 Å². The molecule has 2 rings (SSSR count). The molecule has 0 aromatic carbocycles. The maximum atomic E-state index is 10.7. The standard InChI is InChI=1S/C10H13N5O2/c1-10(2,5-7(16)17)13-8-9-14-12-6-15(9)4-3-11-8/h3-4,6H,5H2,1-2H3,(H,11,13)(H,16,17). The summed E-state index contributed by atoms with van der Waals surface area (Å²) >= 11 is 0. The van der Waals surface area contributed by atoms with Crippen molar-refractivity contribution in [1.29, 1.82) is 0 Å². The average Bonchev–Trinajstić information content (AvgIpc) is 2.63. The number of anilines is 1. The lowest BCUT2D eigenvalue weighted by Gasteiger charge is -2.24. The lowest BCUT2D eigenvalue weighted by molar-refractivity contribution is -0.137. The monoisotopic (exact) mass is 235 g/mol. The predicted molar refractivity (Wildman–Crippen MR) is 60.7 cm³/mol. The van der Waals surface area contributed by atoms with Gasteiger partial charge in [0.25, 0.3) is 0 Å². The minimum Gasteiger partial charge on any atom is -0.481 e. The van der Waals surface area contributed by atoms with E-state index in [9.17, 15) is 4.79 Å². The molecule has 0 saturated carbocycles. The van der Waals surface area contributed by atoms with Gasteiger partial charge in [-0.3, -0.25) is 9.20 Å². The van der Waals surface area contributed by atoms with Crippen LogP contribution in [-0.4, -0.2) is 36.2 Å². The quantitative estimate of drug-likeness (QED) is 0.813. The molecule has 17 heavy (non-hydrogen) atoms. The largest absolute Gasteiger partial charge is 0.481 e. The summed E-state index contributed by atoms with van der Waals surface area (Å²) < 4.78 is 1.71. The van der Waals surface area contributed by atoms with Gasteiger partial charge in [-0.1, -0.05) is 0 Å². The first kappa shape index (κ1) is 11.3. The van der Waals surface area contributed by atoms with Gasteiger partial charge in [-0.25, -0.2) is 4.98 Å². The average molecular weight is 235 g/mol. The summed E-state index contributed by atoms with van der Waals surface area (Å²) in [6.07, 6.45) is 4.89. The fraction of sp³-hybridized carbons (Fsp3) is 0.400. The summed E-state index contributed by atoms with van der Waals surface area (Å²) in [6.45, 7) is 3.59. The minimum atomic E-state index is -0.865. The SMILES string of the molecule is CC(C)(CC(=O)O)Nc1nccn2cnnc12. The van der Waals surface area contributed by atoms with E-state index in [4.69, 9.17) is 5.11 Å². The zero-order valence-corrected chi connectivity index (χ0v) is 9.58. The fourth-order valence-electron chi connectivity index (χ4n) is 1.59. The third kappa shape index (κ3) is 2.49. The molecule has 7 nitrogen and oxygen atoms in total. The van der Waals surface area contributed by atoms with Gasteiger partial charge in [-0.2, -0.15) is 0 Å². The Morgan fingerprint density at radius 3 is 3.06 bits per heavy atom. The van der Waals surface area contributed by atoms with E-state index in [1.54, 1.807) is 37.0 Å². The Morgan fingerprint density at radius 1 is 1.59 bits per heavy atom. The Morgan fingerprint density at radius 2 is 2.35 bits per heavy atom. The number of hydrogen-bond acceptors (Lipinski definition) is 5. The van der Waals surface area contributed by atoms with Crippen LogP contribution in [0.5, 0.6) is 0 Å². The zero-order valence-electron chi connectivity index (χ0n) is 9.58. The highest BCUT2D eigenvalue weighted by Gasteiger charge is 2.23. The number of fused-ring (bicyclic) bond motifs is 1. The second-order valence-electron chi connectivity index (χ2n) is 4.42. The Bertz CT molecular complexity index is 548. The molecule has 0 aliphatic heterocycles. The van der Waals surface area contributed by atoms with Crippen molar-refractivity contribution in [3.8, 4) is 0 Å². The maximum absolute atomic E-state index is 10.7. The van der Waals surface area contributed by atoms with Crippen LogP contribution in [-0.2, 0) is 4.79 Å². The van der Waals surface area contributed by atoms with E-state index in [-0.39, 0.29) is 6.42 Å². The molecule has 0 radical (unpaired) electrons. The number of nitrogens with one attached hydrogen (secondary N) is 1. The lowest BCUT2D eigenvalue weighted by Crippen LogP contribution is -2.34. The summed E-state index contributed by atoms with van der Waals surface area (Å²) in [5.41, 5.74) is -0.0296. The number of aliphatic carboxylic acids is 1.